The summed E-state index contributed by atoms with van der Waals surface area (Å²) in [4.78, 5) is 0. The molecule has 0 saturated heterocycles. The molecule has 0 aliphatic rings. The lowest BCUT2D eigenvalue weighted by Crippen LogP contribution is -2.49. The molecule has 0 rings (SSSR count). The second-order valence-corrected chi connectivity index (χ2v) is 4.11. The summed E-state index contributed by atoms with van der Waals surface area (Å²) in [5.41, 5.74) is 0.615. The van der Waals surface area contributed by atoms with E-state index in [0.717, 1.165) is 0 Å². The van der Waals surface area contributed by atoms with Crippen molar-refractivity contribution in [2.75, 3.05) is 7.05 Å². The molecule has 0 amide bonds. The Kier molecular flexibility index (Phi) is 2.90. The molecule has 0 aromatic rings. The maximum Gasteiger partial charge on any atom is 0.0173 e. The van der Waals surface area contributed by atoms with Crippen LogP contribution in [0.4, 0.5) is 0 Å². The molecular formula is C9H21N. The Morgan fingerprint density at radius 2 is 1.50 bits per heavy atom. The predicted octanol–water partition coefficient (Wildman–Crippen LogP) is 2.42. The van der Waals surface area contributed by atoms with Gasteiger partial charge in [-0.2, -0.15) is 0 Å². The third-order valence-electron chi connectivity index (χ3n) is 3.20. The van der Waals surface area contributed by atoms with Crippen molar-refractivity contribution in [2.24, 2.45) is 5.41 Å². The van der Waals surface area contributed by atoms with E-state index in [1.165, 1.54) is 6.42 Å². The summed E-state index contributed by atoms with van der Waals surface area (Å²) in [6.07, 6.45) is 1.21. The largest absolute Gasteiger partial charge is 0.314 e. The SMILES string of the molecule is CCC(C)(C)C(C)(C)NC. The first kappa shape index (κ1) is 9.96. The first-order valence-corrected chi connectivity index (χ1v) is 4.06. The van der Waals surface area contributed by atoms with Gasteiger partial charge in [0.25, 0.3) is 0 Å². The molecule has 0 heterocycles. The fourth-order valence-corrected chi connectivity index (χ4v) is 0.780. The van der Waals surface area contributed by atoms with Crippen LogP contribution < -0.4 is 5.32 Å². The average Bonchev–Trinajstić information content (AvgIpc) is 1.88. The van der Waals surface area contributed by atoms with Crippen LogP contribution in [-0.4, -0.2) is 12.6 Å². The van der Waals surface area contributed by atoms with Crippen molar-refractivity contribution in [2.45, 2.75) is 46.6 Å². The molecule has 0 fully saturated rings. The number of rotatable bonds is 3. The lowest BCUT2D eigenvalue weighted by atomic mass is 9.73. The molecule has 0 aromatic carbocycles. The third-order valence-corrected chi connectivity index (χ3v) is 3.20. The monoisotopic (exact) mass is 143 g/mol. The smallest absolute Gasteiger partial charge is 0.0173 e. The van der Waals surface area contributed by atoms with Gasteiger partial charge < -0.3 is 5.32 Å². The zero-order valence-corrected chi connectivity index (χ0v) is 8.21. The molecule has 10 heavy (non-hydrogen) atoms. The summed E-state index contributed by atoms with van der Waals surface area (Å²) >= 11 is 0. The molecule has 62 valence electrons. The van der Waals surface area contributed by atoms with Crippen LogP contribution >= 0.6 is 0 Å². The number of hydrogen-bond donors (Lipinski definition) is 1. The zero-order chi connectivity index (χ0) is 8.41. The van der Waals surface area contributed by atoms with Crippen LogP contribution in [0, 0.1) is 5.41 Å². The fraction of sp³-hybridized carbons (Fsp3) is 1.00. The first-order valence-electron chi connectivity index (χ1n) is 4.06. The van der Waals surface area contributed by atoms with Gasteiger partial charge in [0.15, 0.2) is 0 Å². The summed E-state index contributed by atoms with van der Waals surface area (Å²) in [7, 11) is 2.03. The van der Waals surface area contributed by atoms with E-state index in [4.69, 9.17) is 0 Å². The Bertz CT molecular complexity index is 89.3. The van der Waals surface area contributed by atoms with Crippen molar-refractivity contribution in [1.82, 2.24) is 5.32 Å². The summed E-state index contributed by atoms with van der Waals surface area (Å²) in [6.45, 7) is 11.3. The standard InChI is InChI=1S/C9H21N/c1-7-8(2,3)9(4,5)10-6/h10H,7H2,1-6H3. The van der Waals surface area contributed by atoms with E-state index in [1.54, 1.807) is 0 Å². The predicted molar refractivity (Wildman–Crippen MR) is 47.2 cm³/mol. The van der Waals surface area contributed by atoms with Crippen LogP contribution in [0.25, 0.3) is 0 Å². The van der Waals surface area contributed by atoms with E-state index in [9.17, 15) is 0 Å². The molecule has 0 unspecified atom stereocenters. The van der Waals surface area contributed by atoms with Gasteiger partial charge in [-0.05, 0) is 32.7 Å². The molecule has 1 heteroatoms. The Balaban J connectivity index is 4.28. The van der Waals surface area contributed by atoms with Gasteiger partial charge in [0.1, 0.15) is 0 Å². The van der Waals surface area contributed by atoms with Crippen LogP contribution in [0.3, 0.4) is 0 Å². The zero-order valence-electron chi connectivity index (χ0n) is 8.21. The van der Waals surface area contributed by atoms with Crippen LogP contribution in [0.1, 0.15) is 41.0 Å². The Labute approximate surface area is 65.2 Å². The number of hydrogen-bond acceptors (Lipinski definition) is 1. The molecule has 0 aliphatic heterocycles. The normalized spacial score (nSPS) is 13.8. The van der Waals surface area contributed by atoms with Crippen molar-refractivity contribution in [3.05, 3.63) is 0 Å². The van der Waals surface area contributed by atoms with Crippen molar-refractivity contribution in [3.8, 4) is 0 Å². The Hall–Kier alpha value is -0.0400. The molecule has 0 aliphatic carbocycles. The van der Waals surface area contributed by atoms with E-state index in [2.05, 4.69) is 39.9 Å². The van der Waals surface area contributed by atoms with Crippen LogP contribution in [0.15, 0.2) is 0 Å². The Morgan fingerprint density at radius 1 is 1.10 bits per heavy atom. The van der Waals surface area contributed by atoms with Crippen LogP contribution in [-0.2, 0) is 0 Å². The molecule has 0 spiro atoms. The highest BCUT2D eigenvalue weighted by Crippen LogP contribution is 2.32. The third kappa shape index (κ3) is 1.72. The highest BCUT2D eigenvalue weighted by molar-refractivity contribution is 4.90. The second kappa shape index (κ2) is 2.91. The molecule has 1 N–H and O–H groups in total. The van der Waals surface area contributed by atoms with Crippen LogP contribution in [0.5, 0.6) is 0 Å². The minimum atomic E-state index is 0.238. The summed E-state index contributed by atoms with van der Waals surface area (Å²) in [6, 6.07) is 0. The quantitative estimate of drug-likeness (QED) is 0.640. The molecule has 0 bridgehead atoms. The topological polar surface area (TPSA) is 12.0 Å². The first-order chi connectivity index (χ1) is 4.37. The van der Waals surface area contributed by atoms with E-state index in [0.29, 0.717) is 5.41 Å². The second-order valence-electron chi connectivity index (χ2n) is 4.11. The number of nitrogens with one attached hydrogen (secondary N) is 1. The van der Waals surface area contributed by atoms with Crippen molar-refractivity contribution < 1.29 is 0 Å². The van der Waals surface area contributed by atoms with E-state index in [-0.39, 0.29) is 5.54 Å². The van der Waals surface area contributed by atoms with Gasteiger partial charge in [0, 0.05) is 5.54 Å². The van der Waals surface area contributed by atoms with E-state index >= 15 is 0 Å². The summed E-state index contributed by atoms with van der Waals surface area (Å²) < 4.78 is 0. The molecular weight excluding hydrogens is 122 g/mol. The minimum Gasteiger partial charge on any atom is -0.314 e. The van der Waals surface area contributed by atoms with Gasteiger partial charge >= 0.3 is 0 Å². The summed E-state index contributed by atoms with van der Waals surface area (Å²) in [5, 5.41) is 3.33. The van der Waals surface area contributed by atoms with Gasteiger partial charge in [0.05, 0.1) is 0 Å². The molecule has 0 saturated carbocycles. The molecule has 0 radical (unpaired) electrons. The average molecular weight is 143 g/mol. The van der Waals surface area contributed by atoms with Gasteiger partial charge in [-0.1, -0.05) is 20.8 Å². The Morgan fingerprint density at radius 3 is 1.60 bits per heavy atom. The minimum absolute atomic E-state index is 0.238. The van der Waals surface area contributed by atoms with Gasteiger partial charge in [0.2, 0.25) is 0 Å². The van der Waals surface area contributed by atoms with Crippen molar-refractivity contribution in [1.29, 1.82) is 0 Å². The maximum absolute atomic E-state index is 3.33. The maximum atomic E-state index is 3.33. The lowest BCUT2D eigenvalue weighted by Gasteiger charge is -2.41. The fourth-order valence-electron chi connectivity index (χ4n) is 0.780. The summed E-state index contributed by atoms with van der Waals surface area (Å²) in [5.74, 6) is 0. The van der Waals surface area contributed by atoms with Gasteiger partial charge in [-0.3, -0.25) is 0 Å². The van der Waals surface area contributed by atoms with Crippen molar-refractivity contribution >= 4 is 0 Å². The molecule has 1 nitrogen and oxygen atoms in total. The van der Waals surface area contributed by atoms with Gasteiger partial charge in [-0.25, -0.2) is 0 Å². The molecule has 0 atom stereocenters. The highest BCUT2D eigenvalue weighted by atomic mass is 14.9. The van der Waals surface area contributed by atoms with Gasteiger partial charge in [-0.15, -0.1) is 0 Å². The highest BCUT2D eigenvalue weighted by Gasteiger charge is 2.33. The van der Waals surface area contributed by atoms with E-state index < -0.39 is 0 Å². The molecule has 0 aromatic heterocycles. The van der Waals surface area contributed by atoms with Crippen molar-refractivity contribution in [3.63, 3.8) is 0 Å². The van der Waals surface area contributed by atoms with E-state index in [1.807, 2.05) is 7.05 Å². The lowest BCUT2D eigenvalue weighted by molar-refractivity contribution is 0.158. The van der Waals surface area contributed by atoms with Crippen LogP contribution in [0.2, 0.25) is 0 Å².